The molecule has 0 aliphatic rings. The van der Waals surface area contributed by atoms with Gasteiger partial charge in [-0.15, -0.1) is 0 Å². The van der Waals surface area contributed by atoms with E-state index in [9.17, 15) is 8.42 Å². The van der Waals surface area contributed by atoms with Crippen LogP contribution in [0.4, 0.5) is 5.69 Å². The topological polar surface area (TPSA) is 114 Å². The van der Waals surface area contributed by atoms with E-state index in [-0.39, 0.29) is 22.0 Å². The number of benzene rings is 1. The number of hydrogen-bond donors (Lipinski definition) is 1. The minimum Gasteiger partial charge on any atom is -0.276 e. The van der Waals surface area contributed by atoms with Crippen LogP contribution in [0.1, 0.15) is 11.4 Å². The highest BCUT2D eigenvalue weighted by molar-refractivity contribution is 7.92. The maximum Gasteiger partial charge on any atom is 0.263 e. The molecule has 10 heteroatoms. The van der Waals surface area contributed by atoms with Crippen molar-refractivity contribution < 1.29 is 8.42 Å². The van der Waals surface area contributed by atoms with E-state index in [2.05, 4.69) is 19.8 Å². The predicted octanol–water partition coefficient (Wildman–Crippen LogP) is 2.24. The van der Waals surface area contributed by atoms with E-state index >= 15 is 0 Å². The van der Waals surface area contributed by atoms with Crippen molar-refractivity contribution in [2.45, 2.75) is 17.9 Å². The van der Waals surface area contributed by atoms with Crippen molar-refractivity contribution in [1.29, 1.82) is 5.26 Å². The molecule has 132 valence electrons. The Hall–Kier alpha value is -2.96. The Morgan fingerprint density at radius 1 is 1.27 bits per heavy atom. The molecule has 0 fully saturated rings. The number of rotatable bonds is 6. The van der Waals surface area contributed by atoms with Gasteiger partial charge in [0.2, 0.25) is 0 Å². The standard InChI is InChI=1S/C16H13ClN6O2S/c17-14-8-12(4-5-18)2-3-15(14)26(24,25)22-13-9-21-23(10-13)11-16-19-6-1-7-20-16/h1-3,6-10,22H,4,11H2. The Balaban J connectivity index is 1.77. The second-order valence-corrected chi connectivity index (χ2v) is 7.35. The average Bonchev–Trinajstić information content (AvgIpc) is 3.02. The van der Waals surface area contributed by atoms with Gasteiger partial charge in [0, 0.05) is 18.6 Å². The zero-order chi connectivity index (χ0) is 18.6. The summed E-state index contributed by atoms with van der Waals surface area (Å²) in [5.74, 6) is 0.557. The van der Waals surface area contributed by atoms with Crippen molar-refractivity contribution in [3.63, 3.8) is 0 Å². The number of nitrogens with zero attached hydrogens (tertiary/aromatic N) is 5. The Morgan fingerprint density at radius 2 is 2.04 bits per heavy atom. The van der Waals surface area contributed by atoms with Crippen LogP contribution in [0.15, 0.2) is 53.9 Å². The normalized spacial score (nSPS) is 11.1. The summed E-state index contributed by atoms with van der Waals surface area (Å²) < 4.78 is 29.0. The summed E-state index contributed by atoms with van der Waals surface area (Å²) in [4.78, 5) is 8.11. The summed E-state index contributed by atoms with van der Waals surface area (Å²) >= 11 is 6.06. The van der Waals surface area contributed by atoms with Crippen molar-refractivity contribution in [2.24, 2.45) is 0 Å². The first kappa shape index (κ1) is 17.8. The zero-order valence-electron chi connectivity index (χ0n) is 13.4. The summed E-state index contributed by atoms with van der Waals surface area (Å²) in [7, 11) is -3.88. The van der Waals surface area contributed by atoms with E-state index in [1.807, 2.05) is 6.07 Å². The third-order valence-electron chi connectivity index (χ3n) is 3.38. The van der Waals surface area contributed by atoms with Crippen molar-refractivity contribution in [1.82, 2.24) is 19.7 Å². The van der Waals surface area contributed by atoms with E-state index in [0.717, 1.165) is 0 Å². The lowest BCUT2D eigenvalue weighted by atomic mass is 10.2. The predicted molar refractivity (Wildman–Crippen MR) is 94.9 cm³/mol. The number of halogens is 1. The van der Waals surface area contributed by atoms with Gasteiger partial charge in [-0.3, -0.25) is 9.40 Å². The highest BCUT2D eigenvalue weighted by Gasteiger charge is 2.19. The van der Waals surface area contributed by atoms with Crippen molar-refractivity contribution in [3.05, 3.63) is 65.5 Å². The molecule has 0 spiro atoms. The highest BCUT2D eigenvalue weighted by atomic mass is 35.5. The molecule has 2 aromatic heterocycles. The van der Waals surface area contributed by atoms with E-state index < -0.39 is 10.0 Å². The monoisotopic (exact) mass is 388 g/mol. The van der Waals surface area contributed by atoms with Gasteiger partial charge in [-0.1, -0.05) is 17.7 Å². The summed E-state index contributed by atoms with van der Waals surface area (Å²) in [6.07, 6.45) is 6.31. The number of nitrogens with one attached hydrogen (secondary N) is 1. The molecule has 0 aliphatic heterocycles. The van der Waals surface area contributed by atoms with Gasteiger partial charge in [-0.2, -0.15) is 10.4 Å². The average molecular weight is 389 g/mol. The Kier molecular flexibility index (Phi) is 5.16. The number of sulfonamides is 1. The van der Waals surface area contributed by atoms with Crippen LogP contribution in [0, 0.1) is 11.3 Å². The third kappa shape index (κ3) is 4.17. The van der Waals surface area contributed by atoms with Crippen LogP contribution in [-0.4, -0.2) is 28.2 Å². The Labute approximate surface area is 155 Å². The fraction of sp³-hybridized carbons (Fsp3) is 0.125. The van der Waals surface area contributed by atoms with Gasteiger partial charge < -0.3 is 0 Å². The van der Waals surface area contributed by atoms with Crippen molar-refractivity contribution in [2.75, 3.05) is 4.72 Å². The largest absolute Gasteiger partial charge is 0.276 e. The number of aromatic nitrogens is 4. The Morgan fingerprint density at radius 3 is 2.73 bits per heavy atom. The molecule has 0 saturated carbocycles. The van der Waals surface area contributed by atoms with Gasteiger partial charge in [-0.05, 0) is 23.8 Å². The molecule has 0 atom stereocenters. The first-order valence-electron chi connectivity index (χ1n) is 7.44. The molecule has 1 N–H and O–H groups in total. The molecule has 1 aromatic carbocycles. The molecule has 3 rings (SSSR count). The van der Waals surface area contributed by atoms with Crippen LogP contribution < -0.4 is 4.72 Å². The lowest BCUT2D eigenvalue weighted by Gasteiger charge is -2.08. The molecular weight excluding hydrogens is 376 g/mol. The number of anilines is 1. The van der Waals surface area contributed by atoms with E-state index in [0.29, 0.717) is 17.9 Å². The number of nitriles is 1. The molecule has 0 saturated heterocycles. The molecule has 3 aromatic rings. The summed E-state index contributed by atoms with van der Waals surface area (Å²) in [6, 6.07) is 8.09. The quantitative estimate of drug-likeness (QED) is 0.692. The summed E-state index contributed by atoms with van der Waals surface area (Å²) in [5.41, 5.74) is 0.935. The molecule has 0 amide bonds. The van der Waals surface area contributed by atoms with Crippen LogP contribution in [0.3, 0.4) is 0 Å². The van der Waals surface area contributed by atoms with Crippen molar-refractivity contribution in [3.8, 4) is 6.07 Å². The third-order valence-corrected chi connectivity index (χ3v) is 5.24. The fourth-order valence-electron chi connectivity index (χ4n) is 2.23. The molecule has 2 heterocycles. The lowest BCUT2D eigenvalue weighted by molar-refractivity contribution is 0.601. The van der Waals surface area contributed by atoms with Crippen LogP contribution in [0.5, 0.6) is 0 Å². The lowest BCUT2D eigenvalue weighted by Crippen LogP contribution is -2.13. The summed E-state index contributed by atoms with van der Waals surface area (Å²) in [5, 5.41) is 12.8. The Bertz CT molecular complexity index is 1060. The van der Waals surface area contributed by atoms with E-state index in [1.165, 1.54) is 29.2 Å². The van der Waals surface area contributed by atoms with Gasteiger partial charge in [0.15, 0.2) is 0 Å². The maximum atomic E-state index is 12.5. The molecule has 8 nitrogen and oxygen atoms in total. The van der Waals surface area contributed by atoms with Crippen LogP contribution in [0.25, 0.3) is 0 Å². The summed E-state index contributed by atoms with van der Waals surface area (Å²) in [6.45, 7) is 0.312. The van der Waals surface area contributed by atoms with Gasteiger partial charge in [0.05, 0.1) is 29.4 Å². The number of hydrogen-bond acceptors (Lipinski definition) is 6. The minimum absolute atomic E-state index is 0.0512. The van der Waals surface area contributed by atoms with Gasteiger partial charge in [-0.25, -0.2) is 18.4 Å². The van der Waals surface area contributed by atoms with Gasteiger partial charge >= 0.3 is 0 Å². The first-order valence-corrected chi connectivity index (χ1v) is 9.30. The molecular formula is C16H13ClN6O2S. The second-order valence-electron chi connectivity index (χ2n) is 5.30. The SMILES string of the molecule is N#CCc1ccc(S(=O)(=O)Nc2cnn(Cc3ncccn3)c2)c(Cl)c1. The fourth-order valence-corrected chi connectivity index (χ4v) is 3.83. The van der Waals surface area contributed by atoms with E-state index in [1.54, 1.807) is 24.5 Å². The van der Waals surface area contributed by atoms with Gasteiger partial charge in [0.25, 0.3) is 10.0 Å². The molecule has 0 unspecified atom stereocenters. The van der Waals surface area contributed by atoms with E-state index in [4.69, 9.17) is 16.9 Å². The zero-order valence-corrected chi connectivity index (χ0v) is 14.9. The minimum atomic E-state index is -3.88. The second kappa shape index (κ2) is 7.51. The van der Waals surface area contributed by atoms with Crippen molar-refractivity contribution >= 4 is 27.3 Å². The van der Waals surface area contributed by atoms with Crippen LogP contribution in [0.2, 0.25) is 5.02 Å². The highest BCUT2D eigenvalue weighted by Crippen LogP contribution is 2.25. The molecule has 26 heavy (non-hydrogen) atoms. The molecule has 0 radical (unpaired) electrons. The molecule has 0 bridgehead atoms. The van der Waals surface area contributed by atoms with Crippen LogP contribution >= 0.6 is 11.6 Å². The maximum absolute atomic E-state index is 12.5. The van der Waals surface area contributed by atoms with Crippen LogP contribution in [-0.2, 0) is 23.0 Å². The first-order chi connectivity index (χ1) is 12.5. The molecule has 0 aliphatic carbocycles. The smallest absolute Gasteiger partial charge is 0.263 e. The van der Waals surface area contributed by atoms with Gasteiger partial charge in [0.1, 0.15) is 17.3 Å².